The van der Waals surface area contributed by atoms with Crippen molar-refractivity contribution in [3.8, 4) is 0 Å². The summed E-state index contributed by atoms with van der Waals surface area (Å²) in [6.45, 7) is 2.49. The Morgan fingerprint density at radius 3 is 2.47 bits per heavy atom. The lowest BCUT2D eigenvalue weighted by atomic mass is 9.99. The summed E-state index contributed by atoms with van der Waals surface area (Å²) in [7, 11) is 1.92. The Morgan fingerprint density at radius 2 is 1.89 bits per heavy atom. The number of hydrogen-bond donors (Lipinski definition) is 1. The average Bonchev–Trinajstić information content (AvgIpc) is 2.84. The maximum atomic E-state index is 12.3. The predicted molar refractivity (Wildman–Crippen MR) is 76.3 cm³/mol. The average molecular weight is 261 g/mol. The molecule has 104 valence electrons. The van der Waals surface area contributed by atoms with Crippen LogP contribution in [-0.4, -0.2) is 41.0 Å². The van der Waals surface area contributed by atoms with Crippen LogP contribution in [0.15, 0.2) is 30.3 Å². The lowest BCUT2D eigenvalue weighted by Gasteiger charge is -2.31. The third-order valence-electron chi connectivity index (χ3n) is 4.18. The fraction of sp³-hybridized carbons (Fsp3) is 0.562. The van der Waals surface area contributed by atoms with Crippen molar-refractivity contribution in [1.29, 1.82) is 0 Å². The molecule has 2 rings (SSSR count). The van der Waals surface area contributed by atoms with Crippen LogP contribution in [-0.2, 0) is 0 Å². The molecule has 1 aromatic rings. The van der Waals surface area contributed by atoms with Gasteiger partial charge in [-0.05, 0) is 26.8 Å². The molecule has 1 aliphatic carbocycles. The highest BCUT2D eigenvalue weighted by Crippen LogP contribution is 2.30. The van der Waals surface area contributed by atoms with Crippen LogP contribution in [0.1, 0.15) is 43.0 Å². The fourth-order valence-electron chi connectivity index (χ4n) is 2.84. The van der Waals surface area contributed by atoms with E-state index in [9.17, 15) is 9.90 Å². The van der Waals surface area contributed by atoms with Crippen molar-refractivity contribution in [2.24, 2.45) is 0 Å². The van der Waals surface area contributed by atoms with Crippen LogP contribution >= 0.6 is 0 Å². The molecule has 0 radical (unpaired) electrons. The SMILES string of the molecule is CC(C(=O)c1ccccc1)N(C)CC1(O)CCCC1. The van der Waals surface area contributed by atoms with Gasteiger partial charge >= 0.3 is 0 Å². The monoisotopic (exact) mass is 261 g/mol. The predicted octanol–water partition coefficient (Wildman–Crippen LogP) is 2.49. The molecule has 0 heterocycles. The zero-order valence-electron chi connectivity index (χ0n) is 11.8. The maximum absolute atomic E-state index is 12.3. The molecule has 1 saturated carbocycles. The zero-order valence-corrected chi connectivity index (χ0v) is 11.8. The van der Waals surface area contributed by atoms with E-state index in [1.54, 1.807) is 0 Å². The third kappa shape index (κ3) is 3.43. The van der Waals surface area contributed by atoms with Crippen LogP contribution < -0.4 is 0 Å². The van der Waals surface area contributed by atoms with Gasteiger partial charge in [0.05, 0.1) is 11.6 Å². The van der Waals surface area contributed by atoms with E-state index >= 15 is 0 Å². The molecule has 3 nitrogen and oxygen atoms in total. The van der Waals surface area contributed by atoms with Crippen molar-refractivity contribution in [2.45, 2.75) is 44.2 Å². The summed E-state index contributed by atoms with van der Waals surface area (Å²) < 4.78 is 0. The summed E-state index contributed by atoms with van der Waals surface area (Å²) in [5, 5.41) is 10.4. The van der Waals surface area contributed by atoms with Gasteiger partial charge in [0.25, 0.3) is 0 Å². The third-order valence-corrected chi connectivity index (χ3v) is 4.18. The molecular formula is C16H23NO2. The highest BCUT2D eigenvalue weighted by atomic mass is 16.3. The normalized spacial score (nSPS) is 19.6. The second kappa shape index (κ2) is 5.85. The summed E-state index contributed by atoms with van der Waals surface area (Å²) in [6, 6.07) is 9.15. The fourth-order valence-corrected chi connectivity index (χ4v) is 2.84. The number of nitrogens with zero attached hydrogens (tertiary/aromatic N) is 1. The Bertz CT molecular complexity index is 424. The summed E-state index contributed by atoms with van der Waals surface area (Å²) in [5.41, 5.74) is 0.139. The number of benzene rings is 1. The topological polar surface area (TPSA) is 40.5 Å². The number of aliphatic hydroxyl groups is 1. The lowest BCUT2D eigenvalue weighted by Crippen LogP contribution is -2.45. The Morgan fingerprint density at radius 1 is 1.32 bits per heavy atom. The highest BCUT2D eigenvalue weighted by molar-refractivity contribution is 5.99. The van der Waals surface area contributed by atoms with Crippen LogP contribution in [0.5, 0.6) is 0 Å². The molecule has 0 amide bonds. The van der Waals surface area contributed by atoms with Gasteiger partial charge in [0.1, 0.15) is 0 Å². The Kier molecular flexibility index (Phi) is 4.38. The first-order valence-electron chi connectivity index (χ1n) is 7.04. The Balaban J connectivity index is 1.99. The minimum absolute atomic E-state index is 0.115. The van der Waals surface area contributed by atoms with E-state index in [1.165, 1.54) is 0 Å². The molecule has 0 aromatic heterocycles. The zero-order chi connectivity index (χ0) is 13.9. The number of carbonyl (C=O) groups is 1. The molecule has 19 heavy (non-hydrogen) atoms. The van der Waals surface area contributed by atoms with Crippen molar-refractivity contribution >= 4 is 5.78 Å². The van der Waals surface area contributed by atoms with Crippen molar-refractivity contribution in [3.05, 3.63) is 35.9 Å². The van der Waals surface area contributed by atoms with Gasteiger partial charge in [-0.15, -0.1) is 0 Å². The van der Waals surface area contributed by atoms with E-state index in [1.807, 2.05) is 49.2 Å². The molecule has 0 bridgehead atoms. The van der Waals surface area contributed by atoms with Crippen LogP contribution in [0, 0.1) is 0 Å². The molecule has 1 aromatic carbocycles. The number of rotatable bonds is 5. The van der Waals surface area contributed by atoms with Crippen molar-refractivity contribution in [3.63, 3.8) is 0 Å². The molecule has 0 aliphatic heterocycles. The van der Waals surface area contributed by atoms with Gasteiger partial charge in [0, 0.05) is 12.1 Å². The second-order valence-electron chi connectivity index (χ2n) is 5.75. The van der Waals surface area contributed by atoms with Crippen molar-refractivity contribution < 1.29 is 9.90 Å². The Labute approximate surface area is 115 Å². The molecule has 3 heteroatoms. The first-order valence-corrected chi connectivity index (χ1v) is 7.04. The molecule has 1 aliphatic rings. The lowest BCUT2D eigenvalue weighted by molar-refractivity contribution is 0.00856. The van der Waals surface area contributed by atoms with Gasteiger partial charge in [-0.25, -0.2) is 0 Å². The molecule has 0 spiro atoms. The van der Waals surface area contributed by atoms with Crippen LogP contribution in [0.2, 0.25) is 0 Å². The van der Waals surface area contributed by atoms with Gasteiger partial charge < -0.3 is 5.11 Å². The minimum atomic E-state index is -0.597. The van der Waals surface area contributed by atoms with Crippen LogP contribution in [0.4, 0.5) is 0 Å². The minimum Gasteiger partial charge on any atom is -0.389 e. The van der Waals surface area contributed by atoms with E-state index in [2.05, 4.69) is 0 Å². The first kappa shape index (κ1) is 14.2. The molecule has 1 fully saturated rings. The number of likely N-dealkylation sites (N-methyl/N-ethyl adjacent to an activating group) is 1. The quantitative estimate of drug-likeness (QED) is 0.828. The van der Waals surface area contributed by atoms with Gasteiger partial charge in [-0.2, -0.15) is 0 Å². The maximum Gasteiger partial charge on any atom is 0.179 e. The van der Waals surface area contributed by atoms with E-state index in [0.29, 0.717) is 6.54 Å². The molecular weight excluding hydrogens is 238 g/mol. The van der Waals surface area contributed by atoms with E-state index in [0.717, 1.165) is 31.2 Å². The van der Waals surface area contributed by atoms with Gasteiger partial charge in [0.2, 0.25) is 0 Å². The number of Topliss-reactive ketones (excluding diaryl/α,β-unsaturated/α-hetero) is 1. The first-order chi connectivity index (χ1) is 9.02. The summed E-state index contributed by atoms with van der Waals surface area (Å²) in [4.78, 5) is 14.3. The molecule has 1 unspecified atom stereocenters. The summed E-state index contributed by atoms with van der Waals surface area (Å²) >= 11 is 0. The Hall–Kier alpha value is -1.19. The number of ketones is 1. The van der Waals surface area contributed by atoms with Crippen molar-refractivity contribution in [2.75, 3.05) is 13.6 Å². The van der Waals surface area contributed by atoms with Gasteiger partial charge in [0.15, 0.2) is 5.78 Å². The van der Waals surface area contributed by atoms with Gasteiger partial charge in [-0.1, -0.05) is 43.2 Å². The smallest absolute Gasteiger partial charge is 0.179 e. The van der Waals surface area contributed by atoms with E-state index in [4.69, 9.17) is 0 Å². The largest absolute Gasteiger partial charge is 0.389 e. The number of hydrogen-bond acceptors (Lipinski definition) is 3. The summed E-state index contributed by atoms with van der Waals surface area (Å²) in [5.74, 6) is 0.115. The molecule has 0 saturated heterocycles. The molecule has 1 atom stereocenters. The standard InChI is InChI=1S/C16H23NO2/c1-13(15(18)14-8-4-3-5-9-14)17(2)12-16(19)10-6-7-11-16/h3-5,8-9,13,19H,6-7,10-12H2,1-2H3. The van der Waals surface area contributed by atoms with E-state index < -0.39 is 5.60 Å². The molecule has 1 N–H and O–H groups in total. The van der Waals surface area contributed by atoms with Crippen LogP contribution in [0.3, 0.4) is 0 Å². The van der Waals surface area contributed by atoms with E-state index in [-0.39, 0.29) is 11.8 Å². The van der Waals surface area contributed by atoms with Gasteiger partial charge in [-0.3, -0.25) is 9.69 Å². The number of carbonyl (C=O) groups excluding carboxylic acids is 1. The highest BCUT2D eigenvalue weighted by Gasteiger charge is 2.34. The summed E-state index contributed by atoms with van der Waals surface area (Å²) in [6.07, 6.45) is 3.88. The van der Waals surface area contributed by atoms with Crippen molar-refractivity contribution in [1.82, 2.24) is 4.90 Å². The van der Waals surface area contributed by atoms with Crippen LogP contribution in [0.25, 0.3) is 0 Å². The second-order valence-corrected chi connectivity index (χ2v) is 5.75.